The largest absolute Gasteiger partial charge is 0.478 e. The minimum absolute atomic E-state index is 0.341. The highest BCUT2D eigenvalue weighted by Gasteiger charge is 2.22. The first kappa shape index (κ1) is 20.0. The topological polar surface area (TPSA) is 58.4 Å². The Hall–Kier alpha value is -2.96. The first-order chi connectivity index (χ1) is 15.1. The zero-order valence-corrected chi connectivity index (χ0v) is 18.3. The summed E-state index contributed by atoms with van der Waals surface area (Å²) in [5.74, 6) is -0.338. The predicted molar refractivity (Wildman–Crippen MR) is 126 cm³/mol. The van der Waals surface area contributed by atoms with Gasteiger partial charge in [0.15, 0.2) is 0 Å². The molecule has 5 rings (SSSR count). The highest BCUT2D eigenvalue weighted by molar-refractivity contribution is 7.08. The molecule has 0 aliphatic carbocycles. The van der Waals surface area contributed by atoms with E-state index in [1.54, 1.807) is 17.4 Å². The lowest BCUT2D eigenvalue weighted by molar-refractivity contribution is 0.0699. The molecular formula is C25H25N3O2S. The number of fused-ring (bicyclic) bond motifs is 1. The number of piperidine rings is 1. The maximum atomic E-state index is 12.1. The summed E-state index contributed by atoms with van der Waals surface area (Å²) < 4.78 is 2.25. The van der Waals surface area contributed by atoms with Gasteiger partial charge in [-0.15, -0.1) is 0 Å². The lowest BCUT2D eigenvalue weighted by Crippen LogP contribution is -2.33. The van der Waals surface area contributed by atoms with Gasteiger partial charge in [0.1, 0.15) is 0 Å². The number of aromatic carboxylic acids is 1. The fraction of sp³-hybridized carbons (Fsp3) is 0.280. The highest BCUT2D eigenvalue weighted by atomic mass is 32.1. The molecule has 0 amide bonds. The van der Waals surface area contributed by atoms with Gasteiger partial charge < -0.3 is 14.6 Å². The van der Waals surface area contributed by atoms with E-state index in [1.165, 1.54) is 12.8 Å². The summed E-state index contributed by atoms with van der Waals surface area (Å²) in [7, 11) is 2.18. The summed E-state index contributed by atoms with van der Waals surface area (Å²) >= 11 is 1.66. The minimum Gasteiger partial charge on any atom is -0.478 e. The second kappa shape index (κ2) is 8.29. The summed E-state index contributed by atoms with van der Waals surface area (Å²) in [5.41, 5.74) is 5.37. The van der Waals surface area contributed by atoms with Crippen molar-refractivity contribution in [1.29, 1.82) is 0 Å². The van der Waals surface area contributed by atoms with Gasteiger partial charge in [0.25, 0.3) is 0 Å². The highest BCUT2D eigenvalue weighted by Crippen LogP contribution is 2.36. The van der Waals surface area contributed by atoms with Crippen molar-refractivity contribution in [3.05, 3.63) is 65.2 Å². The molecule has 4 heterocycles. The van der Waals surface area contributed by atoms with Gasteiger partial charge in [-0.2, -0.15) is 11.3 Å². The molecule has 1 unspecified atom stereocenters. The van der Waals surface area contributed by atoms with Crippen LogP contribution in [0.5, 0.6) is 0 Å². The zero-order chi connectivity index (χ0) is 21.4. The first-order valence-corrected chi connectivity index (χ1v) is 11.6. The Morgan fingerprint density at radius 2 is 2.10 bits per heavy atom. The van der Waals surface area contributed by atoms with Crippen LogP contribution in [0, 0.1) is 5.92 Å². The van der Waals surface area contributed by atoms with Crippen molar-refractivity contribution in [2.24, 2.45) is 5.92 Å². The van der Waals surface area contributed by atoms with Crippen LogP contribution < -0.4 is 0 Å². The number of benzene rings is 1. The number of likely N-dealkylation sites (tertiary alicyclic amines) is 1. The number of rotatable bonds is 5. The summed E-state index contributed by atoms with van der Waals surface area (Å²) in [4.78, 5) is 18.9. The van der Waals surface area contributed by atoms with E-state index in [2.05, 4.69) is 50.6 Å². The van der Waals surface area contributed by atoms with Crippen LogP contribution in [0.2, 0.25) is 0 Å². The number of thiophene rings is 1. The molecule has 158 valence electrons. The Balaban J connectivity index is 1.64. The molecule has 3 aromatic heterocycles. The molecule has 5 nitrogen and oxygen atoms in total. The van der Waals surface area contributed by atoms with Gasteiger partial charge >= 0.3 is 5.97 Å². The number of hydrogen-bond donors (Lipinski definition) is 1. The maximum Gasteiger partial charge on any atom is 0.336 e. The van der Waals surface area contributed by atoms with Gasteiger partial charge in [0.2, 0.25) is 0 Å². The lowest BCUT2D eigenvalue weighted by Gasteiger charge is -2.30. The Morgan fingerprint density at radius 3 is 2.87 bits per heavy atom. The molecule has 4 aromatic rings. The summed E-state index contributed by atoms with van der Waals surface area (Å²) in [5, 5.41) is 14.8. The van der Waals surface area contributed by atoms with E-state index in [-0.39, 0.29) is 0 Å². The van der Waals surface area contributed by atoms with Crippen LogP contribution in [-0.4, -0.2) is 45.7 Å². The third-order valence-corrected chi connectivity index (χ3v) is 6.90. The number of pyridine rings is 1. The molecule has 1 aliphatic rings. The quantitative estimate of drug-likeness (QED) is 0.455. The average molecular weight is 432 g/mol. The summed E-state index contributed by atoms with van der Waals surface area (Å²) in [6.45, 7) is 3.11. The molecule has 0 saturated carbocycles. The van der Waals surface area contributed by atoms with Gasteiger partial charge in [-0.25, -0.2) is 4.79 Å². The van der Waals surface area contributed by atoms with Crippen molar-refractivity contribution in [3.63, 3.8) is 0 Å². The van der Waals surface area contributed by atoms with E-state index >= 15 is 0 Å². The summed E-state index contributed by atoms with van der Waals surface area (Å²) in [6.07, 6.45) is 8.23. The van der Waals surface area contributed by atoms with E-state index < -0.39 is 5.97 Å². The molecule has 31 heavy (non-hydrogen) atoms. The van der Waals surface area contributed by atoms with Crippen molar-refractivity contribution in [2.75, 3.05) is 20.1 Å². The third kappa shape index (κ3) is 3.89. The molecule has 6 heteroatoms. The Labute approximate surface area is 185 Å². The number of nitrogens with zero attached hydrogens (tertiary/aromatic N) is 3. The van der Waals surface area contributed by atoms with E-state index in [1.807, 2.05) is 24.5 Å². The normalized spacial score (nSPS) is 17.3. The second-order valence-corrected chi connectivity index (χ2v) is 9.22. The molecule has 0 bridgehead atoms. The van der Waals surface area contributed by atoms with E-state index in [0.717, 1.165) is 52.8 Å². The maximum absolute atomic E-state index is 12.1. The van der Waals surface area contributed by atoms with Crippen molar-refractivity contribution in [3.8, 4) is 22.3 Å². The van der Waals surface area contributed by atoms with E-state index in [4.69, 9.17) is 0 Å². The van der Waals surface area contributed by atoms with Crippen LogP contribution >= 0.6 is 11.3 Å². The molecule has 1 fully saturated rings. The van der Waals surface area contributed by atoms with Gasteiger partial charge in [0.05, 0.1) is 5.56 Å². The first-order valence-electron chi connectivity index (χ1n) is 10.6. The molecular weight excluding hydrogens is 406 g/mol. The minimum atomic E-state index is -0.899. The fourth-order valence-electron chi connectivity index (χ4n) is 4.77. The zero-order valence-electron chi connectivity index (χ0n) is 17.5. The third-order valence-electron chi connectivity index (χ3n) is 6.22. The number of carboxylic acids is 1. The van der Waals surface area contributed by atoms with Crippen LogP contribution in [0.25, 0.3) is 33.2 Å². The summed E-state index contributed by atoms with van der Waals surface area (Å²) in [6, 6.07) is 9.77. The fourth-order valence-corrected chi connectivity index (χ4v) is 5.44. The monoisotopic (exact) mass is 431 g/mol. The van der Waals surface area contributed by atoms with Crippen LogP contribution in [-0.2, 0) is 6.54 Å². The Kier molecular flexibility index (Phi) is 5.34. The average Bonchev–Trinajstić information content (AvgIpc) is 3.43. The van der Waals surface area contributed by atoms with Gasteiger partial charge in [-0.1, -0.05) is 6.07 Å². The van der Waals surface area contributed by atoms with Crippen LogP contribution in [0.15, 0.2) is 59.7 Å². The number of aromatic nitrogens is 2. The van der Waals surface area contributed by atoms with Crippen molar-refractivity contribution < 1.29 is 9.90 Å². The van der Waals surface area contributed by atoms with Gasteiger partial charge in [-0.05, 0) is 72.9 Å². The van der Waals surface area contributed by atoms with Crippen LogP contribution in [0.4, 0.5) is 0 Å². The molecule has 1 aromatic carbocycles. The van der Waals surface area contributed by atoms with Gasteiger partial charge in [-0.3, -0.25) is 4.98 Å². The number of hydrogen-bond acceptors (Lipinski definition) is 4. The Bertz CT molecular complexity index is 1230. The van der Waals surface area contributed by atoms with Crippen LogP contribution in [0.3, 0.4) is 0 Å². The molecule has 0 spiro atoms. The van der Waals surface area contributed by atoms with E-state index in [0.29, 0.717) is 11.5 Å². The molecule has 1 atom stereocenters. The molecule has 0 radical (unpaired) electrons. The second-order valence-electron chi connectivity index (χ2n) is 8.44. The predicted octanol–water partition coefficient (Wildman–Crippen LogP) is 5.47. The van der Waals surface area contributed by atoms with Gasteiger partial charge in [0, 0.05) is 59.3 Å². The number of carboxylic acid groups (broad SMARTS) is 1. The lowest BCUT2D eigenvalue weighted by atomic mass is 9.98. The molecule has 1 N–H and O–H groups in total. The van der Waals surface area contributed by atoms with E-state index in [9.17, 15) is 9.90 Å². The molecule has 1 aliphatic heterocycles. The van der Waals surface area contributed by atoms with Crippen molar-refractivity contribution in [1.82, 2.24) is 14.5 Å². The smallest absolute Gasteiger partial charge is 0.336 e. The number of carbonyl (C=O) groups is 1. The SMILES string of the molecule is CN1CCCC(Cn2cc(-c3cncc(-c4ccsc4)c3)c3c(C(=O)O)cccc32)C1. The molecule has 1 saturated heterocycles. The van der Waals surface area contributed by atoms with Crippen molar-refractivity contribution >= 4 is 28.2 Å². The Morgan fingerprint density at radius 1 is 1.23 bits per heavy atom. The van der Waals surface area contributed by atoms with Crippen LogP contribution in [0.1, 0.15) is 23.2 Å². The van der Waals surface area contributed by atoms with Crippen molar-refractivity contribution in [2.45, 2.75) is 19.4 Å². The standard InChI is InChI=1S/C25H25N3O2S/c1-27-8-3-4-17(13-27)14-28-15-22(24-21(25(29)30)5-2-6-23(24)28)20-10-19(11-26-12-20)18-7-9-31-16-18/h2,5-7,9-12,15-17H,3-4,8,13-14H2,1H3,(H,29,30).